The summed E-state index contributed by atoms with van der Waals surface area (Å²) < 4.78 is 0.911. The molecule has 1 saturated carbocycles. The van der Waals surface area contributed by atoms with Crippen LogP contribution in [0.15, 0.2) is 16.6 Å². The number of nitrogens with one attached hydrogen (secondary N) is 1. The van der Waals surface area contributed by atoms with E-state index in [9.17, 15) is 0 Å². The molecule has 1 aliphatic carbocycles. The first-order valence-electron chi connectivity index (χ1n) is 6.38. The summed E-state index contributed by atoms with van der Waals surface area (Å²) in [5.41, 5.74) is 0.869. The van der Waals surface area contributed by atoms with Gasteiger partial charge in [0.05, 0.1) is 15.7 Å². The fourth-order valence-corrected chi connectivity index (χ4v) is 3.88. The van der Waals surface area contributed by atoms with Crippen molar-refractivity contribution in [2.75, 3.05) is 5.32 Å². The average molecular weight is 351 g/mol. The summed E-state index contributed by atoms with van der Waals surface area (Å²) in [7, 11) is 0. The molecule has 0 radical (unpaired) electrons. The first-order chi connectivity index (χ1) is 8.47. The van der Waals surface area contributed by atoms with Gasteiger partial charge in [-0.1, -0.05) is 53.0 Å². The summed E-state index contributed by atoms with van der Waals surface area (Å²) in [6.07, 6.45) is 3.64. The lowest BCUT2D eigenvalue weighted by atomic mass is 9.79. The average Bonchev–Trinajstić information content (AvgIpc) is 2.28. The maximum atomic E-state index is 6.24. The van der Waals surface area contributed by atoms with E-state index < -0.39 is 0 Å². The zero-order valence-electron chi connectivity index (χ0n) is 10.6. The summed E-state index contributed by atoms with van der Waals surface area (Å²) in [4.78, 5) is 0. The van der Waals surface area contributed by atoms with Crippen LogP contribution < -0.4 is 5.32 Å². The standard InChI is InChI=1S/C14H18BrCl2N/c1-8-3-4-11(5-9(8)2)18-14-12(16)6-10(15)7-13(14)17/h6-9,11,18H,3-5H2,1-2H3. The van der Waals surface area contributed by atoms with Crippen LogP contribution >= 0.6 is 39.1 Å². The van der Waals surface area contributed by atoms with Crippen LogP contribution in [0.1, 0.15) is 33.1 Å². The second-order valence-electron chi connectivity index (χ2n) is 5.35. The van der Waals surface area contributed by atoms with Gasteiger partial charge in [0.15, 0.2) is 0 Å². The summed E-state index contributed by atoms with van der Waals surface area (Å²) >= 11 is 15.9. The molecule has 0 aromatic heterocycles. The van der Waals surface area contributed by atoms with Gasteiger partial charge in [-0.15, -0.1) is 0 Å². The smallest absolute Gasteiger partial charge is 0.0721 e. The molecule has 3 unspecified atom stereocenters. The Balaban J connectivity index is 2.10. The Kier molecular flexibility index (Phi) is 4.85. The topological polar surface area (TPSA) is 12.0 Å². The Morgan fingerprint density at radius 3 is 2.28 bits per heavy atom. The number of anilines is 1. The molecule has 1 aromatic carbocycles. The summed E-state index contributed by atoms with van der Waals surface area (Å²) in [5.74, 6) is 1.57. The van der Waals surface area contributed by atoms with Crippen molar-refractivity contribution in [1.82, 2.24) is 0 Å². The molecule has 0 heterocycles. The largest absolute Gasteiger partial charge is 0.380 e. The Morgan fingerprint density at radius 1 is 1.11 bits per heavy atom. The van der Waals surface area contributed by atoms with Gasteiger partial charge < -0.3 is 5.32 Å². The van der Waals surface area contributed by atoms with Crippen molar-refractivity contribution in [3.05, 3.63) is 26.7 Å². The Morgan fingerprint density at radius 2 is 1.72 bits per heavy atom. The van der Waals surface area contributed by atoms with Gasteiger partial charge in [0.25, 0.3) is 0 Å². The lowest BCUT2D eigenvalue weighted by Gasteiger charge is -2.33. The minimum atomic E-state index is 0.479. The van der Waals surface area contributed by atoms with Crippen molar-refractivity contribution in [1.29, 1.82) is 0 Å². The fourth-order valence-electron chi connectivity index (χ4n) is 2.56. The summed E-state index contributed by atoms with van der Waals surface area (Å²) in [6, 6.07) is 4.24. The minimum Gasteiger partial charge on any atom is -0.380 e. The van der Waals surface area contributed by atoms with Crippen LogP contribution in [0.5, 0.6) is 0 Å². The second-order valence-corrected chi connectivity index (χ2v) is 7.08. The van der Waals surface area contributed by atoms with Crippen LogP contribution in [0.4, 0.5) is 5.69 Å². The molecule has 0 spiro atoms. The normalized spacial score (nSPS) is 28.2. The van der Waals surface area contributed by atoms with Gasteiger partial charge in [-0.2, -0.15) is 0 Å². The molecule has 2 rings (SSSR count). The van der Waals surface area contributed by atoms with E-state index in [1.165, 1.54) is 19.3 Å². The van der Waals surface area contributed by atoms with E-state index in [1.807, 2.05) is 12.1 Å². The van der Waals surface area contributed by atoms with Gasteiger partial charge >= 0.3 is 0 Å². The molecular formula is C14H18BrCl2N. The first-order valence-corrected chi connectivity index (χ1v) is 7.93. The van der Waals surface area contributed by atoms with E-state index >= 15 is 0 Å². The van der Waals surface area contributed by atoms with Crippen LogP contribution in [0.25, 0.3) is 0 Å². The predicted octanol–water partition coefficient (Wildman–Crippen LogP) is 5.99. The molecule has 0 saturated heterocycles. The van der Waals surface area contributed by atoms with Crippen LogP contribution in [-0.2, 0) is 0 Å². The van der Waals surface area contributed by atoms with Crippen molar-refractivity contribution in [2.24, 2.45) is 11.8 Å². The lowest BCUT2D eigenvalue weighted by Crippen LogP contribution is -2.30. The summed E-state index contributed by atoms with van der Waals surface area (Å²) in [5, 5.41) is 4.87. The number of halogens is 3. The van der Waals surface area contributed by atoms with Gasteiger partial charge in [0.2, 0.25) is 0 Å². The van der Waals surface area contributed by atoms with E-state index in [0.29, 0.717) is 16.1 Å². The highest BCUT2D eigenvalue weighted by atomic mass is 79.9. The molecule has 3 atom stereocenters. The van der Waals surface area contributed by atoms with Gasteiger partial charge in [-0.05, 0) is 43.2 Å². The first kappa shape index (κ1) is 14.5. The zero-order chi connectivity index (χ0) is 13.3. The number of benzene rings is 1. The monoisotopic (exact) mass is 349 g/mol. The Labute approximate surface area is 127 Å². The lowest BCUT2D eigenvalue weighted by molar-refractivity contribution is 0.261. The molecule has 0 aliphatic heterocycles. The van der Waals surface area contributed by atoms with Crippen molar-refractivity contribution in [3.63, 3.8) is 0 Å². The maximum absolute atomic E-state index is 6.24. The number of hydrogen-bond donors (Lipinski definition) is 1. The van der Waals surface area contributed by atoms with Gasteiger partial charge in [0.1, 0.15) is 0 Å². The van der Waals surface area contributed by atoms with E-state index in [-0.39, 0.29) is 0 Å². The molecule has 1 aliphatic rings. The third-order valence-corrected chi connectivity index (χ3v) is 5.01. The molecule has 18 heavy (non-hydrogen) atoms. The summed E-state index contributed by atoms with van der Waals surface area (Å²) in [6.45, 7) is 4.66. The maximum Gasteiger partial charge on any atom is 0.0721 e. The van der Waals surface area contributed by atoms with E-state index in [2.05, 4.69) is 35.1 Å². The fraction of sp³-hybridized carbons (Fsp3) is 0.571. The van der Waals surface area contributed by atoms with E-state index in [4.69, 9.17) is 23.2 Å². The molecule has 0 amide bonds. The SMILES string of the molecule is CC1CCC(Nc2c(Cl)cc(Br)cc2Cl)CC1C. The van der Waals surface area contributed by atoms with Gasteiger partial charge in [-0.3, -0.25) is 0 Å². The van der Waals surface area contributed by atoms with Crippen LogP contribution in [0.3, 0.4) is 0 Å². The minimum absolute atomic E-state index is 0.479. The number of hydrogen-bond acceptors (Lipinski definition) is 1. The van der Waals surface area contributed by atoms with Gasteiger partial charge in [0, 0.05) is 10.5 Å². The van der Waals surface area contributed by atoms with Crippen molar-refractivity contribution < 1.29 is 0 Å². The zero-order valence-corrected chi connectivity index (χ0v) is 13.7. The number of rotatable bonds is 2. The highest BCUT2D eigenvalue weighted by molar-refractivity contribution is 9.10. The highest BCUT2D eigenvalue weighted by Gasteiger charge is 2.25. The van der Waals surface area contributed by atoms with Crippen LogP contribution in [-0.4, -0.2) is 6.04 Å². The quantitative estimate of drug-likeness (QED) is 0.690. The molecule has 100 valence electrons. The van der Waals surface area contributed by atoms with Crippen molar-refractivity contribution >= 4 is 44.8 Å². The molecule has 1 fully saturated rings. The third kappa shape index (κ3) is 3.34. The Hall–Kier alpha value is 0.0800. The van der Waals surface area contributed by atoms with Crippen LogP contribution in [0, 0.1) is 11.8 Å². The van der Waals surface area contributed by atoms with Gasteiger partial charge in [-0.25, -0.2) is 0 Å². The van der Waals surface area contributed by atoms with Crippen molar-refractivity contribution in [2.45, 2.75) is 39.2 Å². The van der Waals surface area contributed by atoms with Crippen LogP contribution in [0.2, 0.25) is 10.0 Å². The molecule has 1 nitrogen and oxygen atoms in total. The molecular weight excluding hydrogens is 333 g/mol. The highest BCUT2D eigenvalue weighted by Crippen LogP contribution is 2.37. The predicted molar refractivity (Wildman–Crippen MR) is 83.8 cm³/mol. The van der Waals surface area contributed by atoms with E-state index in [1.54, 1.807) is 0 Å². The molecule has 0 bridgehead atoms. The second kappa shape index (κ2) is 6.02. The Bertz CT molecular complexity index is 413. The molecule has 1 N–H and O–H groups in total. The van der Waals surface area contributed by atoms with E-state index in [0.717, 1.165) is 22.0 Å². The molecule has 1 aromatic rings. The van der Waals surface area contributed by atoms with Crippen molar-refractivity contribution in [3.8, 4) is 0 Å². The molecule has 4 heteroatoms. The third-order valence-electron chi connectivity index (χ3n) is 3.95.